The van der Waals surface area contributed by atoms with E-state index in [1.54, 1.807) is 6.33 Å². The van der Waals surface area contributed by atoms with Gasteiger partial charge in [-0.15, -0.1) is 0 Å². The fourth-order valence-electron chi connectivity index (χ4n) is 2.91. The van der Waals surface area contributed by atoms with Crippen molar-refractivity contribution in [3.05, 3.63) is 59.9 Å². The van der Waals surface area contributed by atoms with Crippen LogP contribution in [-0.4, -0.2) is 15.0 Å². The molecule has 4 aromatic rings. The van der Waals surface area contributed by atoms with Crippen molar-refractivity contribution in [1.82, 2.24) is 15.0 Å². The van der Waals surface area contributed by atoms with Crippen LogP contribution >= 0.6 is 0 Å². The van der Waals surface area contributed by atoms with Crippen LogP contribution in [0.15, 0.2) is 48.8 Å². The zero-order valence-corrected chi connectivity index (χ0v) is 11.9. The van der Waals surface area contributed by atoms with Gasteiger partial charge in [0.05, 0.1) is 11.8 Å². The minimum absolute atomic E-state index is 0.357. The Kier molecular flexibility index (Phi) is 2.72. The molecule has 0 atom stereocenters. The van der Waals surface area contributed by atoms with Crippen LogP contribution in [0.3, 0.4) is 0 Å². The van der Waals surface area contributed by atoms with Gasteiger partial charge in [-0.1, -0.05) is 42.5 Å². The topological polar surface area (TPSA) is 93.6 Å². The number of fused-ring (bicyclic) bond motifs is 2. The largest absolute Gasteiger partial charge is 0.383 e. The number of anilines is 2. The van der Waals surface area contributed by atoms with E-state index < -0.39 is 0 Å². The number of aromatic nitrogens is 3. The minimum atomic E-state index is 0.357. The summed E-state index contributed by atoms with van der Waals surface area (Å²) in [4.78, 5) is 11.6. The molecular formula is C17H15N5. The number of nitrogens with one attached hydrogen (secondary N) is 1. The Morgan fingerprint density at radius 3 is 2.68 bits per heavy atom. The first-order valence-corrected chi connectivity index (χ1v) is 7.07. The summed E-state index contributed by atoms with van der Waals surface area (Å²) in [5.41, 5.74) is 15.6. The summed E-state index contributed by atoms with van der Waals surface area (Å²) in [6, 6.07) is 14.6. The summed E-state index contributed by atoms with van der Waals surface area (Å²) in [5, 5.41) is 2.43. The van der Waals surface area contributed by atoms with E-state index in [-0.39, 0.29) is 0 Å². The molecule has 5 N–H and O–H groups in total. The van der Waals surface area contributed by atoms with Crippen molar-refractivity contribution in [2.24, 2.45) is 0 Å². The van der Waals surface area contributed by atoms with E-state index in [1.165, 1.54) is 16.3 Å². The average molecular weight is 289 g/mol. The number of nitrogen functional groups attached to an aromatic ring is 2. The summed E-state index contributed by atoms with van der Waals surface area (Å²) in [7, 11) is 0. The number of H-pyrrole nitrogens is 1. The number of nitrogens with zero attached hydrogens (tertiary/aromatic N) is 2. The normalized spacial score (nSPS) is 11.3. The summed E-state index contributed by atoms with van der Waals surface area (Å²) in [5.74, 6) is 0.803. The maximum Gasteiger partial charge on any atom is 0.154 e. The van der Waals surface area contributed by atoms with Gasteiger partial charge in [0.2, 0.25) is 0 Å². The highest BCUT2D eigenvalue weighted by Crippen LogP contribution is 2.28. The second-order valence-corrected chi connectivity index (χ2v) is 5.30. The molecule has 22 heavy (non-hydrogen) atoms. The quantitative estimate of drug-likeness (QED) is 0.529. The summed E-state index contributed by atoms with van der Waals surface area (Å²) in [6.07, 6.45) is 2.30. The Morgan fingerprint density at radius 1 is 0.955 bits per heavy atom. The van der Waals surface area contributed by atoms with Gasteiger partial charge in [-0.05, 0) is 16.3 Å². The highest BCUT2D eigenvalue weighted by molar-refractivity contribution is 5.91. The van der Waals surface area contributed by atoms with Crippen LogP contribution in [-0.2, 0) is 6.42 Å². The number of hydrogen-bond acceptors (Lipinski definition) is 4. The molecule has 0 radical (unpaired) electrons. The van der Waals surface area contributed by atoms with Crippen molar-refractivity contribution >= 4 is 33.4 Å². The molecule has 108 valence electrons. The monoisotopic (exact) mass is 289 g/mol. The molecule has 0 aliphatic heterocycles. The Balaban J connectivity index is 1.92. The average Bonchev–Trinajstić information content (AvgIpc) is 3.01. The van der Waals surface area contributed by atoms with Gasteiger partial charge in [0, 0.05) is 12.0 Å². The highest BCUT2D eigenvalue weighted by atomic mass is 15.0. The maximum atomic E-state index is 6.10. The summed E-state index contributed by atoms with van der Waals surface area (Å²) in [6.45, 7) is 0. The lowest BCUT2D eigenvalue weighted by Gasteiger charge is -2.10. The molecule has 2 heterocycles. The zero-order valence-electron chi connectivity index (χ0n) is 11.9. The van der Waals surface area contributed by atoms with Crippen molar-refractivity contribution in [3.8, 4) is 0 Å². The van der Waals surface area contributed by atoms with Gasteiger partial charge in [0.1, 0.15) is 11.3 Å². The van der Waals surface area contributed by atoms with Crippen molar-refractivity contribution in [2.75, 3.05) is 11.5 Å². The SMILES string of the molecule is Nc1nc(N)c2nc[nH]c2c1Cc1cccc2ccccc12. The highest BCUT2D eigenvalue weighted by Gasteiger charge is 2.14. The van der Waals surface area contributed by atoms with Crippen molar-refractivity contribution in [1.29, 1.82) is 0 Å². The van der Waals surface area contributed by atoms with Crippen LogP contribution in [0.1, 0.15) is 11.1 Å². The van der Waals surface area contributed by atoms with Gasteiger partial charge in [-0.3, -0.25) is 0 Å². The van der Waals surface area contributed by atoms with E-state index in [4.69, 9.17) is 11.5 Å². The van der Waals surface area contributed by atoms with Gasteiger partial charge in [0.15, 0.2) is 5.82 Å². The maximum absolute atomic E-state index is 6.10. The third-order valence-electron chi connectivity index (χ3n) is 3.98. The summed E-state index contributed by atoms with van der Waals surface area (Å²) < 4.78 is 0. The van der Waals surface area contributed by atoms with Gasteiger partial charge in [0.25, 0.3) is 0 Å². The van der Waals surface area contributed by atoms with E-state index in [0.29, 0.717) is 23.6 Å². The molecule has 2 aromatic carbocycles. The predicted octanol–water partition coefficient (Wildman–Crippen LogP) is 2.87. The molecule has 0 saturated carbocycles. The molecular weight excluding hydrogens is 274 g/mol. The number of rotatable bonds is 2. The molecule has 0 amide bonds. The van der Waals surface area contributed by atoms with Crippen molar-refractivity contribution in [2.45, 2.75) is 6.42 Å². The van der Waals surface area contributed by atoms with Crippen LogP contribution in [0.25, 0.3) is 21.8 Å². The van der Waals surface area contributed by atoms with E-state index in [1.807, 2.05) is 12.1 Å². The van der Waals surface area contributed by atoms with Crippen LogP contribution in [0.2, 0.25) is 0 Å². The molecule has 2 aromatic heterocycles. The first-order valence-electron chi connectivity index (χ1n) is 7.07. The number of nitrogens with two attached hydrogens (primary N) is 2. The molecule has 0 aliphatic carbocycles. The number of aromatic amines is 1. The van der Waals surface area contributed by atoms with Crippen LogP contribution in [0.4, 0.5) is 11.6 Å². The lowest BCUT2D eigenvalue weighted by Crippen LogP contribution is -2.04. The zero-order chi connectivity index (χ0) is 15.1. The molecule has 0 bridgehead atoms. The molecule has 4 rings (SSSR count). The van der Waals surface area contributed by atoms with E-state index >= 15 is 0 Å². The van der Waals surface area contributed by atoms with Crippen LogP contribution in [0, 0.1) is 0 Å². The molecule has 5 heteroatoms. The predicted molar refractivity (Wildman–Crippen MR) is 89.5 cm³/mol. The lowest BCUT2D eigenvalue weighted by molar-refractivity contribution is 1.19. The Labute approximate surface area is 127 Å². The smallest absolute Gasteiger partial charge is 0.154 e. The number of benzene rings is 2. The van der Waals surface area contributed by atoms with Crippen molar-refractivity contribution in [3.63, 3.8) is 0 Å². The van der Waals surface area contributed by atoms with Gasteiger partial charge >= 0.3 is 0 Å². The first kappa shape index (κ1) is 12.6. The van der Waals surface area contributed by atoms with Gasteiger partial charge in [-0.25, -0.2) is 9.97 Å². The molecule has 0 aliphatic rings. The minimum Gasteiger partial charge on any atom is -0.383 e. The molecule has 0 unspecified atom stereocenters. The third-order valence-corrected chi connectivity index (χ3v) is 3.98. The van der Waals surface area contributed by atoms with E-state index in [9.17, 15) is 0 Å². The third kappa shape index (κ3) is 1.87. The molecule has 0 spiro atoms. The molecule has 0 saturated heterocycles. The fourth-order valence-corrected chi connectivity index (χ4v) is 2.91. The second kappa shape index (κ2) is 4.73. The number of imidazole rings is 1. The van der Waals surface area contributed by atoms with Gasteiger partial charge < -0.3 is 16.5 Å². The van der Waals surface area contributed by atoms with Crippen molar-refractivity contribution < 1.29 is 0 Å². The standard InChI is InChI=1S/C17H15N5/c18-16-13(14-15(17(19)22-16)21-9-20-14)8-11-6-3-5-10-4-1-2-7-12(10)11/h1-7,9H,8H2,(H,20,21)(H4,18,19,22). The van der Waals surface area contributed by atoms with E-state index in [0.717, 1.165) is 11.1 Å². The van der Waals surface area contributed by atoms with Crippen LogP contribution in [0.5, 0.6) is 0 Å². The number of pyridine rings is 1. The Bertz CT molecular complexity index is 982. The number of hydrogen-bond donors (Lipinski definition) is 3. The summed E-state index contributed by atoms with van der Waals surface area (Å²) >= 11 is 0. The van der Waals surface area contributed by atoms with E-state index in [2.05, 4.69) is 45.3 Å². The van der Waals surface area contributed by atoms with Crippen LogP contribution < -0.4 is 11.5 Å². The first-order chi connectivity index (χ1) is 10.7. The molecule has 0 fully saturated rings. The molecule has 5 nitrogen and oxygen atoms in total. The fraction of sp³-hybridized carbons (Fsp3) is 0.0588. The second-order valence-electron chi connectivity index (χ2n) is 5.30. The van der Waals surface area contributed by atoms with Gasteiger partial charge in [-0.2, -0.15) is 0 Å². The lowest BCUT2D eigenvalue weighted by atomic mass is 9.98. The Morgan fingerprint density at radius 2 is 1.77 bits per heavy atom. The Hall–Kier alpha value is -3.08.